The Hall–Kier alpha value is -2.40. The Labute approximate surface area is 348 Å². The predicted molar refractivity (Wildman–Crippen MR) is 234 cm³/mol. The molecule has 0 bridgehead atoms. The zero-order valence-corrected chi connectivity index (χ0v) is 37.5. The van der Waals surface area contributed by atoms with Crippen molar-refractivity contribution in [1.82, 2.24) is 9.80 Å². The minimum Gasteiger partial charge on any atom is -0.493 e. The number of esters is 2. The third-order valence-electron chi connectivity index (χ3n) is 10.7. The van der Waals surface area contributed by atoms with E-state index >= 15 is 0 Å². The first-order valence-electron chi connectivity index (χ1n) is 23.0. The Balaban J connectivity index is 2.69. The number of ether oxygens (including phenoxy) is 4. The van der Waals surface area contributed by atoms with Crippen molar-refractivity contribution in [3.63, 3.8) is 0 Å². The lowest BCUT2D eigenvalue weighted by Gasteiger charge is -2.27. The number of unbranched alkanes of at least 4 members (excludes halogenated alkanes) is 19. The van der Waals surface area contributed by atoms with Gasteiger partial charge in [0.15, 0.2) is 11.5 Å². The van der Waals surface area contributed by atoms with Crippen molar-refractivity contribution in [3.05, 3.63) is 17.7 Å². The van der Waals surface area contributed by atoms with Crippen molar-refractivity contribution in [2.75, 3.05) is 61.1 Å². The van der Waals surface area contributed by atoms with Gasteiger partial charge in [0.25, 0.3) is 0 Å². The van der Waals surface area contributed by atoms with Crippen LogP contribution < -0.4 is 14.2 Å². The maximum absolute atomic E-state index is 13.1. The number of aliphatic hydroxyl groups is 2. The van der Waals surface area contributed by atoms with Crippen LogP contribution in [0.1, 0.15) is 191 Å². The monoisotopic (exact) mass is 807 g/mol. The molecule has 10 heteroatoms. The van der Waals surface area contributed by atoms with Crippen LogP contribution in [0.5, 0.6) is 17.2 Å². The van der Waals surface area contributed by atoms with E-state index in [4.69, 9.17) is 18.9 Å². The van der Waals surface area contributed by atoms with Crippen molar-refractivity contribution < 1.29 is 38.7 Å². The van der Waals surface area contributed by atoms with Crippen LogP contribution >= 0.6 is 0 Å². The summed E-state index contributed by atoms with van der Waals surface area (Å²) in [7, 11) is 6.91. The number of aliphatic hydroxyl groups excluding tert-OH is 2. The van der Waals surface area contributed by atoms with Gasteiger partial charge >= 0.3 is 11.9 Å². The molecule has 1 rings (SSSR count). The van der Waals surface area contributed by atoms with E-state index in [1.54, 1.807) is 0 Å². The Bertz CT molecular complexity index is 1080. The molecule has 0 amide bonds. The van der Waals surface area contributed by atoms with Crippen molar-refractivity contribution in [3.8, 4) is 17.2 Å². The van der Waals surface area contributed by atoms with Crippen molar-refractivity contribution in [1.29, 1.82) is 0 Å². The van der Waals surface area contributed by atoms with Gasteiger partial charge in [-0.2, -0.15) is 0 Å². The van der Waals surface area contributed by atoms with Gasteiger partial charge in [-0.05, 0) is 71.4 Å². The van der Waals surface area contributed by atoms with Crippen LogP contribution in [0.25, 0.3) is 0 Å². The lowest BCUT2D eigenvalue weighted by molar-refractivity contribution is -0.134. The summed E-state index contributed by atoms with van der Waals surface area (Å²) in [5.74, 6) is -0.439. The van der Waals surface area contributed by atoms with Gasteiger partial charge < -0.3 is 34.1 Å². The molecule has 0 aliphatic rings. The highest BCUT2D eigenvalue weighted by molar-refractivity contribution is 5.91. The number of rotatable bonds is 39. The highest BCUT2D eigenvalue weighted by Gasteiger charge is 2.22. The number of benzene rings is 1. The molecular formula is C47H86N2O8. The number of hydrogen-bond acceptors (Lipinski definition) is 10. The zero-order chi connectivity index (χ0) is 41.9. The van der Waals surface area contributed by atoms with Crippen LogP contribution in [-0.4, -0.2) is 105 Å². The average molecular weight is 807 g/mol. The number of methoxy groups -OCH3 is 2. The Morgan fingerprint density at radius 1 is 0.596 bits per heavy atom. The quantitative estimate of drug-likeness (QED) is 0.0378. The number of carbonyl (C=O) groups is 2. The van der Waals surface area contributed by atoms with E-state index in [2.05, 4.69) is 23.6 Å². The molecular weight excluding hydrogens is 721 g/mol. The Morgan fingerprint density at radius 2 is 1.04 bits per heavy atom. The Kier molecular flexibility index (Phi) is 32.8. The van der Waals surface area contributed by atoms with Crippen molar-refractivity contribution in [2.45, 2.75) is 193 Å². The van der Waals surface area contributed by atoms with Gasteiger partial charge in [-0.15, -0.1) is 0 Å². The van der Waals surface area contributed by atoms with E-state index < -0.39 is 24.1 Å². The Morgan fingerprint density at radius 3 is 1.46 bits per heavy atom. The largest absolute Gasteiger partial charge is 0.493 e. The summed E-state index contributed by atoms with van der Waals surface area (Å²) in [5.41, 5.74) is 0.250. The van der Waals surface area contributed by atoms with Crippen LogP contribution in [0, 0.1) is 0 Å². The van der Waals surface area contributed by atoms with Crippen molar-refractivity contribution in [2.24, 2.45) is 0 Å². The zero-order valence-electron chi connectivity index (χ0n) is 37.5. The summed E-state index contributed by atoms with van der Waals surface area (Å²) < 4.78 is 22.2. The van der Waals surface area contributed by atoms with E-state index in [0.717, 1.165) is 57.9 Å². The molecule has 1 aromatic rings. The molecule has 57 heavy (non-hydrogen) atoms. The van der Waals surface area contributed by atoms with Crippen LogP contribution in [0.15, 0.2) is 12.1 Å². The summed E-state index contributed by atoms with van der Waals surface area (Å²) in [4.78, 5) is 30.1. The molecule has 2 atom stereocenters. The van der Waals surface area contributed by atoms with E-state index in [1.807, 2.05) is 14.1 Å². The first kappa shape index (κ1) is 52.6. The van der Waals surface area contributed by atoms with E-state index in [-0.39, 0.29) is 29.2 Å². The lowest BCUT2D eigenvalue weighted by Crippen LogP contribution is -2.39. The van der Waals surface area contributed by atoms with E-state index in [9.17, 15) is 19.8 Å². The molecule has 0 fully saturated rings. The highest BCUT2D eigenvalue weighted by atomic mass is 16.6. The third kappa shape index (κ3) is 27.8. The molecule has 10 nitrogen and oxygen atoms in total. The van der Waals surface area contributed by atoms with Gasteiger partial charge in [-0.1, -0.05) is 142 Å². The minimum absolute atomic E-state index is 0.114. The molecule has 0 aliphatic heterocycles. The van der Waals surface area contributed by atoms with Crippen molar-refractivity contribution >= 4 is 11.9 Å². The molecule has 0 saturated carbocycles. The third-order valence-corrected chi connectivity index (χ3v) is 10.7. The summed E-state index contributed by atoms with van der Waals surface area (Å²) >= 11 is 0. The van der Waals surface area contributed by atoms with Crippen LogP contribution in [0.3, 0.4) is 0 Å². The summed E-state index contributed by atoms with van der Waals surface area (Å²) in [6.07, 6.45) is 27.9. The van der Waals surface area contributed by atoms with Gasteiger partial charge in [0, 0.05) is 19.5 Å². The first-order valence-corrected chi connectivity index (χ1v) is 23.0. The molecule has 0 spiro atoms. The summed E-state index contributed by atoms with van der Waals surface area (Å²) in [6, 6.07) is 3.00. The molecule has 1 aromatic carbocycles. The number of carbonyl (C=O) groups excluding carboxylic acids is 2. The maximum atomic E-state index is 13.1. The second-order valence-electron chi connectivity index (χ2n) is 16.4. The average Bonchev–Trinajstić information content (AvgIpc) is 3.18. The molecule has 332 valence electrons. The maximum Gasteiger partial charge on any atom is 0.338 e. The second kappa shape index (κ2) is 35.5. The first-order chi connectivity index (χ1) is 27.6. The van der Waals surface area contributed by atoms with Crippen LogP contribution in [0.2, 0.25) is 0 Å². The SMILES string of the molecule is CCCCCCCCCCCCC(O)CN(CCCC(=O)Oc1c(OC)cc(C(=O)OCCCCN(C)C)cc1OC)CC(O)CCCCCCCCCCCC. The van der Waals surface area contributed by atoms with E-state index in [1.165, 1.54) is 129 Å². The fourth-order valence-corrected chi connectivity index (χ4v) is 7.26. The summed E-state index contributed by atoms with van der Waals surface area (Å²) in [6.45, 7) is 7.21. The fraction of sp³-hybridized carbons (Fsp3) is 0.830. The summed E-state index contributed by atoms with van der Waals surface area (Å²) in [5, 5.41) is 22.0. The second-order valence-corrected chi connectivity index (χ2v) is 16.4. The molecule has 0 aromatic heterocycles. The predicted octanol–water partition coefficient (Wildman–Crippen LogP) is 10.5. The smallest absolute Gasteiger partial charge is 0.338 e. The standard InChI is InChI=1S/C47H86N2O8/c1-7-9-11-13-15-17-19-21-23-25-30-41(50)38-49(39-42(51)31-26-24-22-20-18-16-14-12-10-8-2)34-29-32-45(52)57-46-43(54-5)36-40(37-44(46)55-6)47(53)56-35-28-27-33-48(3)4/h36-37,41-42,50-51H,7-35,38-39H2,1-6H3. The molecule has 2 N–H and O–H groups in total. The number of hydrogen-bond donors (Lipinski definition) is 2. The molecule has 0 saturated heterocycles. The van der Waals surface area contributed by atoms with Crippen LogP contribution in [-0.2, 0) is 9.53 Å². The van der Waals surface area contributed by atoms with Crippen LogP contribution in [0.4, 0.5) is 0 Å². The highest BCUT2D eigenvalue weighted by Crippen LogP contribution is 2.39. The van der Waals surface area contributed by atoms with Gasteiger partial charge in [-0.25, -0.2) is 4.79 Å². The molecule has 0 heterocycles. The van der Waals surface area contributed by atoms with Gasteiger partial charge in [0.2, 0.25) is 5.75 Å². The fourth-order valence-electron chi connectivity index (χ4n) is 7.26. The number of nitrogens with zero attached hydrogens (tertiary/aromatic N) is 2. The van der Waals surface area contributed by atoms with Gasteiger partial charge in [0.1, 0.15) is 0 Å². The molecule has 2 unspecified atom stereocenters. The molecule has 0 radical (unpaired) electrons. The van der Waals surface area contributed by atoms with E-state index in [0.29, 0.717) is 32.7 Å². The minimum atomic E-state index is -0.500. The van der Waals surface area contributed by atoms with Gasteiger partial charge in [0.05, 0.1) is 38.6 Å². The topological polar surface area (TPSA) is 118 Å². The molecule has 0 aliphatic carbocycles. The normalized spacial score (nSPS) is 12.6. The lowest BCUT2D eigenvalue weighted by atomic mass is 10.0. The van der Waals surface area contributed by atoms with Gasteiger partial charge in [-0.3, -0.25) is 9.69 Å².